The normalized spacial score (nSPS) is 23.7. The second-order valence-electron chi connectivity index (χ2n) is 7.62. The highest BCUT2D eigenvalue weighted by molar-refractivity contribution is 5.89. The lowest BCUT2D eigenvalue weighted by Gasteiger charge is -2.29. The van der Waals surface area contributed by atoms with E-state index in [9.17, 15) is 14.3 Å². The number of aliphatic carboxylic acids is 1. The van der Waals surface area contributed by atoms with Crippen molar-refractivity contribution >= 4 is 17.6 Å². The van der Waals surface area contributed by atoms with E-state index in [-0.39, 0.29) is 18.3 Å². The van der Waals surface area contributed by atoms with E-state index in [4.69, 9.17) is 0 Å². The van der Waals surface area contributed by atoms with Gasteiger partial charge in [0.15, 0.2) is 11.6 Å². The summed E-state index contributed by atoms with van der Waals surface area (Å²) < 4.78 is 14.8. The molecule has 6 nitrogen and oxygen atoms in total. The SMILES string of the molecule is CN[C@H](C)[C@H]1CCN(c2nc3c(cc2F)CC(C(=O)O)=CN3C2CC2)C1. The van der Waals surface area contributed by atoms with E-state index in [2.05, 4.69) is 17.2 Å². The van der Waals surface area contributed by atoms with Gasteiger partial charge in [-0.15, -0.1) is 0 Å². The van der Waals surface area contributed by atoms with Gasteiger partial charge in [-0.05, 0) is 45.2 Å². The van der Waals surface area contributed by atoms with Crippen LogP contribution < -0.4 is 15.1 Å². The maximum Gasteiger partial charge on any atom is 0.333 e. The third kappa shape index (κ3) is 3.05. The Morgan fingerprint density at radius 2 is 2.15 bits per heavy atom. The van der Waals surface area contributed by atoms with Gasteiger partial charge in [-0.1, -0.05) is 0 Å². The zero-order valence-electron chi connectivity index (χ0n) is 15.2. The number of carboxylic acid groups (broad SMARTS) is 1. The van der Waals surface area contributed by atoms with Crippen molar-refractivity contribution in [3.63, 3.8) is 0 Å². The molecule has 1 aliphatic carbocycles. The smallest absolute Gasteiger partial charge is 0.333 e. The second-order valence-corrected chi connectivity index (χ2v) is 7.62. The third-order valence-corrected chi connectivity index (χ3v) is 5.84. The first-order valence-corrected chi connectivity index (χ1v) is 9.32. The molecule has 0 spiro atoms. The number of fused-ring (bicyclic) bond motifs is 1. The number of hydrogen-bond acceptors (Lipinski definition) is 5. The topological polar surface area (TPSA) is 68.7 Å². The predicted molar refractivity (Wildman–Crippen MR) is 98.0 cm³/mol. The molecular formula is C19H25FN4O2. The summed E-state index contributed by atoms with van der Waals surface area (Å²) in [6.07, 6.45) is 4.95. The van der Waals surface area contributed by atoms with E-state index in [1.165, 1.54) is 6.07 Å². The third-order valence-electron chi connectivity index (χ3n) is 5.84. The summed E-state index contributed by atoms with van der Waals surface area (Å²) in [4.78, 5) is 20.1. The van der Waals surface area contributed by atoms with Crippen molar-refractivity contribution in [3.05, 3.63) is 29.2 Å². The molecule has 2 atom stereocenters. The molecule has 7 heteroatoms. The summed E-state index contributed by atoms with van der Waals surface area (Å²) in [5.41, 5.74) is 0.958. The number of carbonyl (C=O) groups is 1. The number of carboxylic acids is 1. The average molecular weight is 360 g/mol. The lowest BCUT2D eigenvalue weighted by Crippen LogP contribution is -2.33. The Labute approximate surface area is 152 Å². The van der Waals surface area contributed by atoms with Crippen LogP contribution in [0.25, 0.3) is 0 Å². The average Bonchev–Trinajstić information content (AvgIpc) is 3.36. The van der Waals surface area contributed by atoms with Crippen LogP contribution in [0.1, 0.15) is 31.7 Å². The van der Waals surface area contributed by atoms with Gasteiger partial charge in [0.05, 0.1) is 5.57 Å². The van der Waals surface area contributed by atoms with E-state index in [0.717, 1.165) is 38.2 Å². The van der Waals surface area contributed by atoms with Crippen LogP contribution in [-0.4, -0.2) is 48.3 Å². The number of halogens is 1. The van der Waals surface area contributed by atoms with Gasteiger partial charge in [-0.2, -0.15) is 0 Å². The lowest BCUT2D eigenvalue weighted by molar-refractivity contribution is -0.132. The first-order chi connectivity index (χ1) is 12.5. The van der Waals surface area contributed by atoms with Crippen LogP contribution in [0.2, 0.25) is 0 Å². The largest absolute Gasteiger partial charge is 0.478 e. The molecule has 0 bridgehead atoms. The molecule has 1 saturated heterocycles. The van der Waals surface area contributed by atoms with E-state index in [1.807, 2.05) is 16.8 Å². The number of pyridine rings is 1. The minimum Gasteiger partial charge on any atom is -0.478 e. The number of rotatable bonds is 5. The zero-order valence-corrected chi connectivity index (χ0v) is 15.2. The van der Waals surface area contributed by atoms with Gasteiger partial charge in [-0.25, -0.2) is 14.2 Å². The first kappa shape index (κ1) is 17.3. The second kappa shape index (κ2) is 6.54. The number of anilines is 2. The lowest BCUT2D eigenvalue weighted by atomic mass is 10.0. The fourth-order valence-corrected chi connectivity index (χ4v) is 3.95. The molecular weight excluding hydrogens is 335 g/mol. The number of nitrogens with one attached hydrogen (secondary N) is 1. The van der Waals surface area contributed by atoms with Gasteiger partial charge in [0.2, 0.25) is 0 Å². The molecule has 1 aromatic heterocycles. The van der Waals surface area contributed by atoms with Crippen LogP contribution in [0.15, 0.2) is 17.8 Å². The van der Waals surface area contributed by atoms with Crippen molar-refractivity contribution in [2.75, 3.05) is 29.9 Å². The number of nitrogens with zero attached hydrogens (tertiary/aromatic N) is 3. The fourth-order valence-electron chi connectivity index (χ4n) is 3.95. The van der Waals surface area contributed by atoms with Crippen molar-refractivity contribution in [1.29, 1.82) is 0 Å². The maximum atomic E-state index is 14.8. The summed E-state index contributed by atoms with van der Waals surface area (Å²) in [7, 11) is 1.95. The standard InChI is InChI=1S/C19H25FN4O2/c1-11(21-2)12-5-6-23(9-12)18-16(20)8-13-7-14(19(25)26)10-24(15-3-4-15)17(13)22-18/h8,10-12,15,21H,3-7,9H2,1-2H3,(H,25,26)/t11-,12+/m1/s1. The fraction of sp³-hybridized carbons (Fsp3) is 0.579. The highest BCUT2D eigenvalue weighted by Gasteiger charge is 2.36. The van der Waals surface area contributed by atoms with E-state index in [0.29, 0.717) is 28.9 Å². The Kier molecular flexibility index (Phi) is 4.34. The van der Waals surface area contributed by atoms with Crippen molar-refractivity contribution in [2.45, 2.75) is 44.7 Å². The molecule has 0 aromatic carbocycles. The molecule has 1 saturated carbocycles. The molecule has 4 rings (SSSR count). The highest BCUT2D eigenvalue weighted by Crippen LogP contribution is 2.39. The number of aromatic nitrogens is 1. The van der Waals surface area contributed by atoms with Crippen LogP contribution in [0.5, 0.6) is 0 Å². The number of hydrogen-bond donors (Lipinski definition) is 2. The van der Waals surface area contributed by atoms with Gasteiger partial charge in [0, 0.05) is 43.4 Å². The minimum absolute atomic E-state index is 0.220. The Hall–Kier alpha value is -2.15. The van der Waals surface area contributed by atoms with E-state index >= 15 is 0 Å². The molecule has 1 aromatic rings. The van der Waals surface area contributed by atoms with Crippen LogP contribution >= 0.6 is 0 Å². The first-order valence-electron chi connectivity index (χ1n) is 9.32. The molecule has 2 aliphatic heterocycles. The highest BCUT2D eigenvalue weighted by atomic mass is 19.1. The van der Waals surface area contributed by atoms with Crippen molar-refractivity contribution < 1.29 is 14.3 Å². The Bertz CT molecular complexity index is 762. The molecule has 3 heterocycles. The molecule has 0 radical (unpaired) electrons. The van der Waals surface area contributed by atoms with Crippen LogP contribution in [-0.2, 0) is 11.2 Å². The molecule has 140 valence electrons. The van der Waals surface area contributed by atoms with Gasteiger partial charge in [0.25, 0.3) is 0 Å². The van der Waals surface area contributed by atoms with Gasteiger partial charge in [0.1, 0.15) is 5.82 Å². The Balaban J connectivity index is 1.65. The van der Waals surface area contributed by atoms with E-state index in [1.54, 1.807) is 6.20 Å². The summed E-state index contributed by atoms with van der Waals surface area (Å²) in [5, 5.41) is 12.6. The molecule has 0 unspecified atom stereocenters. The molecule has 0 amide bonds. The minimum atomic E-state index is -0.950. The van der Waals surface area contributed by atoms with Crippen molar-refractivity contribution in [3.8, 4) is 0 Å². The monoisotopic (exact) mass is 360 g/mol. The molecule has 3 aliphatic rings. The summed E-state index contributed by atoms with van der Waals surface area (Å²) in [6, 6.07) is 2.15. The Morgan fingerprint density at radius 1 is 1.38 bits per heavy atom. The zero-order chi connectivity index (χ0) is 18.4. The maximum absolute atomic E-state index is 14.8. The van der Waals surface area contributed by atoms with Crippen LogP contribution in [0.3, 0.4) is 0 Å². The molecule has 26 heavy (non-hydrogen) atoms. The van der Waals surface area contributed by atoms with Gasteiger partial charge >= 0.3 is 5.97 Å². The summed E-state index contributed by atoms with van der Waals surface area (Å²) >= 11 is 0. The van der Waals surface area contributed by atoms with Crippen LogP contribution in [0, 0.1) is 11.7 Å². The Morgan fingerprint density at radius 3 is 2.81 bits per heavy atom. The van der Waals surface area contributed by atoms with E-state index < -0.39 is 5.97 Å². The van der Waals surface area contributed by atoms with Gasteiger partial charge < -0.3 is 20.2 Å². The van der Waals surface area contributed by atoms with Gasteiger partial charge in [-0.3, -0.25) is 0 Å². The molecule has 2 fully saturated rings. The quantitative estimate of drug-likeness (QED) is 0.839. The predicted octanol–water partition coefficient (Wildman–Crippen LogP) is 2.15. The summed E-state index contributed by atoms with van der Waals surface area (Å²) in [6.45, 7) is 3.72. The van der Waals surface area contributed by atoms with Crippen molar-refractivity contribution in [2.24, 2.45) is 5.92 Å². The molecule has 2 N–H and O–H groups in total. The van der Waals surface area contributed by atoms with Crippen molar-refractivity contribution in [1.82, 2.24) is 10.3 Å². The van der Waals surface area contributed by atoms with Crippen LogP contribution in [0.4, 0.5) is 16.0 Å². The summed E-state index contributed by atoms with van der Waals surface area (Å²) in [5.74, 6) is 0.278.